The quantitative estimate of drug-likeness (QED) is 0.833. The summed E-state index contributed by atoms with van der Waals surface area (Å²) in [6, 6.07) is 3.74. The first kappa shape index (κ1) is 13.6. The molecule has 0 spiro atoms. The normalized spacial score (nSPS) is 10.8. The second-order valence-electron chi connectivity index (χ2n) is 3.94. The van der Waals surface area contributed by atoms with Crippen molar-refractivity contribution in [3.63, 3.8) is 0 Å². The molecule has 3 nitrogen and oxygen atoms in total. The number of carboxylic acid groups (broad SMARTS) is 1. The van der Waals surface area contributed by atoms with Gasteiger partial charge in [0.25, 0.3) is 0 Å². The molecule has 1 rings (SSSR count). The van der Waals surface area contributed by atoms with Crippen LogP contribution in [-0.2, 0) is 11.3 Å². The van der Waals surface area contributed by atoms with E-state index < -0.39 is 17.6 Å². The highest BCUT2D eigenvalue weighted by atomic mass is 19.1. The lowest BCUT2D eigenvalue weighted by Gasteiger charge is -2.16. The Kier molecular flexibility index (Phi) is 5.03. The van der Waals surface area contributed by atoms with Crippen molar-refractivity contribution in [3.05, 3.63) is 35.4 Å². The van der Waals surface area contributed by atoms with E-state index in [1.807, 2.05) is 0 Å². The summed E-state index contributed by atoms with van der Waals surface area (Å²) in [5, 5.41) is 8.47. The molecule has 1 N–H and O–H groups in total. The maximum Gasteiger partial charge on any atom is 0.303 e. The molecule has 0 aromatic heterocycles. The highest BCUT2D eigenvalue weighted by Crippen LogP contribution is 2.14. The average Bonchev–Trinajstić information content (AvgIpc) is 2.23. The highest BCUT2D eigenvalue weighted by Gasteiger charge is 2.10. The number of rotatable bonds is 6. The third kappa shape index (κ3) is 4.48. The molecule has 0 aliphatic rings. The number of halogens is 2. The fourth-order valence-corrected chi connectivity index (χ4v) is 1.53. The Morgan fingerprint density at radius 2 is 1.94 bits per heavy atom. The van der Waals surface area contributed by atoms with Gasteiger partial charge in [-0.25, -0.2) is 8.78 Å². The SMILES string of the molecule is CN(CCCC(=O)O)Cc1c(F)cccc1F. The largest absolute Gasteiger partial charge is 0.481 e. The van der Waals surface area contributed by atoms with E-state index in [0.29, 0.717) is 13.0 Å². The minimum absolute atomic E-state index is 0.0188. The van der Waals surface area contributed by atoms with Gasteiger partial charge < -0.3 is 10.0 Å². The van der Waals surface area contributed by atoms with E-state index in [1.165, 1.54) is 18.2 Å². The van der Waals surface area contributed by atoms with E-state index in [4.69, 9.17) is 5.11 Å². The summed E-state index contributed by atoms with van der Waals surface area (Å²) < 4.78 is 26.6. The van der Waals surface area contributed by atoms with Crippen LogP contribution in [0.4, 0.5) is 8.78 Å². The van der Waals surface area contributed by atoms with Gasteiger partial charge in [-0.05, 0) is 32.1 Å². The van der Waals surface area contributed by atoms with Crippen LogP contribution in [0.25, 0.3) is 0 Å². The lowest BCUT2D eigenvalue weighted by molar-refractivity contribution is -0.137. The number of carboxylic acids is 1. The molecule has 0 radical (unpaired) electrons. The average molecular weight is 243 g/mol. The van der Waals surface area contributed by atoms with E-state index in [2.05, 4.69) is 0 Å². The molecule has 0 saturated heterocycles. The Hall–Kier alpha value is -1.49. The second-order valence-corrected chi connectivity index (χ2v) is 3.94. The number of hydrogen-bond donors (Lipinski definition) is 1. The Morgan fingerprint density at radius 1 is 1.35 bits per heavy atom. The van der Waals surface area contributed by atoms with E-state index in [9.17, 15) is 13.6 Å². The third-order valence-electron chi connectivity index (χ3n) is 2.42. The molecule has 17 heavy (non-hydrogen) atoms. The molecule has 0 fully saturated rings. The van der Waals surface area contributed by atoms with E-state index in [0.717, 1.165) is 0 Å². The van der Waals surface area contributed by atoms with Crippen LogP contribution in [0.3, 0.4) is 0 Å². The Balaban J connectivity index is 2.50. The van der Waals surface area contributed by atoms with Crippen molar-refractivity contribution in [2.24, 2.45) is 0 Å². The van der Waals surface area contributed by atoms with Crippen molar-refractivity contribution in [3.8, 4) is 0 Å². The van der Waals surface area contributed by atoms with Crippen LogP contribution < -0.4 is 0 Å². The van der Waals surface area contributed by atoms with Gasteiger partial charge in [-0.2, -0.15) is 0 Å². The lowest BCUT2D eigenvalue weighted by Crippen LogP contribution is -2.21. The van der Waals surface area contributed by atoms with Crippen molar-refractivity contribution in [1.29, 1.82) is 0 Å². The van der Waals surface area contributed by atoms with E-state index in [-0.39, 0.29) is 18.5 Å². The van der Waals surface area contributed by atoms with Crippen molar-refractivity contribution in [2.75, 3.05) is 13.6 Å². The minimum Gasteiger partial charge on any atom is -0.481 e. The Morgan fingerprint density at radius 3 is 2.47 bits per heavy atom. The number of carbonyl (C=O) groups is 1. The summed E-state index contributed by atoms with van der Waals surface area (Å²) in [5.74, 6) is -2.01. The van der Waals surface area contributed by atoms with Gasteiger partial charge in [-0.1, -0.05) is 6.07 Å². The fraction of sp³-hybridized carbons (Fsp3) is 0.417. The number of benzene rings is 1. The zero-order chi connectivity index (χ0) is 12.8. The molecule has 0 saturated carbocycles. The van der Waals surface area contributed by atoms with Crippen LogP contribution in [0.15, 0.2) is 18.2 Å². The molecule has 0 heterocycles. The van der Waals surface area contributed by atoms with Gasteiger partial charge in [0, 0.05) is 18.5 Å². The van der Waals surface area contributed by atoms with Crippen LogP contribution >= 0.6 is 0 Å². The summed E-state index contributed by atoms with van der Waals surface area (Å²) in [4.78, 5) is 12.0. The molecular formula is C12H15F2NO2. The summed E-state index contributed by atoms with van der Waals surface area (Å²) in [5.41, 5.74) is 0.0188. The summed E-state index contributed by atoms with van der Waals surface area (Å²) >= 11 is 0. The molecule has 94 valence electrons. The first-order chi connectivity index (χ1) is 8.00. The van der Waals surface area contributed by atoms with Gasteiger partial charge in [-0.15, -0.1) is 0 Å². The zero-order valence-electron chi connectivity index (χ0n) is 9.62. The molecule has 1 aromatic rings. The van der Waals surface area contributed by atoms with Crippen molar-refractivity contribution >= 4 is 5.97 Å². The zero-order valence-corrected chi connectivity index (χ0v) is 9.62. The molecule has 5 heteroatoms. The van der Waals surface area contributed by atoms with Crippen molar-refractivity contribution < 1.29 is 18.7 Å². The summed E-state index contributed by atoms with van der Waals surface area (Å²) in [6.45, 7) is 0.623. The van der Waals surface area contributed by atoms with Gasteiger partial charge >= 0.3 is 5.97 Å². The topological polar surface area (TPSA) is 40.5 Å². The molecule has 0 bridgehead atoms. The smallest absolute Gasteiger partial charge is 0.303 e. The van der Waals surface area contributed by atoms with Crippen LogP contribution in [-0.4, -0.2) is 29.6 Å². The molecular weight excluding hydrogens is 228 g/mol. The van der Waals surface area contributed by atoms with Gasteiger partial charge in [0.1, 0.15) is 11.6 Å². The third-order valence-corrected chi connectivity index (χ3v) is 2.42. The van der Waals surface area contributed by atoms with Crippen molar-refractivity contribution in [2.45, 2.75) is 19.4 Å². The molecule has 0 amide bonds. The van der Waals surface area contributed by atoms with Gasteiger partial charge in [0.2, 0.25) is 0 Å². The fourth-order valence-electron chi connectivity index (χ4n) is 1.53. The van der Waals surface area contributed by atoms with Gasteiger partial charge in [0.15, 0.2) is 0 Å². The number of aliphatic carboxylic acids is 1. The first-order valence-electron chi connectivity index (χ1n) is 5.34. The first-order valence-corrected chi connectivity index (χ1v) is 5.34. The van der Waals surface area contributed by atoms with Gasteiger partial charge in [-0.3, -0.25) is 4.79 Å². The minimum atomic E-state index is -0.865. The summed E-state index contributed by atoms with van der Waals surface area (Å²) in [6.07, 6.45) is 0.520. The van der Waals surface area contributed by atoms with Crippen LogP contribution in [0, 0.1) is 11.6 Å². The molecule has 0 atom stereocenters. The highest BCUT2D eigenvalue weighted by molar-refractivity contribution is 5.66. The van der Waals surface area contributed by atoms with Crippen LogP contribution in [0.1, 0.15) is 18.4 Å². The predicted octanol–water partition coefficient (Wildman–Crippen LogP) is 2.26. The summed E-state index contributed by atoms with van der Waals surface area (Å²) in [7, 11) is 1.70. The predicted molar refractivity (Wildman–Crippen MR) is 59.6 cm³/mol. The molecule has 0 unspecified atom stereocenters. The maximum absolute atomic E-state index is 13.3. The lowest BCUT2D eigenvalue weighted by atomic mass is 10.2. The van der Waals surface area contributed by atoms with Gasteiger partial charge in [0.05, 0.1) is 0 Å². The molecule has 1 aromatic carbocycles. The number of hydrogen-bond acceptors (Lipinski definition) is 2. The van der Waals surface area contributed by atoms with Crippen LogP contribution in [0.5, 0.6) is 0 Å². The maximum atomic E-state index is 13.3. The van der Waals surface area contributed by atoms with E-state index in [1.54, 1.807) is 11.9 Å². The van der Waals surface area contributed by atoms with Crippen LogP contribution in [0.2, 0.25) is 0 Å². The second kappa shape index (κ2) is 6.30. The van der Waals surface area contributed by atoms with Crippen molar-refractivity contribution in [1.82, 2.24) is 4.90 Å². The molecule has 0 aliphatic heterocycles. The monoisotopic (exact) mass is 243 g/mol. The standard InChI is InChI=1S/C12H15F2NO2/c1-15(7-3-6-12(16)17)8-9-10(13)4-2-5-11(9)14/h2,4-5H,3,6-8H2,1H3,(H,16,17). The molecule has 0 aliphatic carbocycles. The van der Waals surface area contributed by atoms with E-state index >= 15 is 0 Å². The number of nitrogens with zero attached hydrogens (tertiary/aromatic N) is 1. The Labute approximate surface area is 98.7 Å². The Bertz CT molecular complexity index is 376.